The number of ketones is 1. The van der Waals surface area contributed by atoms with Gasteiger partial charge < -0.3 is 0 Å². The summed E-state index contributed by atoms with van der Waals surface area (Å²) in [5.41, 5.74) is 2.83. The molecular weight excluding hydrogens is 727 g/mol. The van der Waals surface area contributed by atoms with Crippen molar-refractivity contribution >= 4 is 106 Å². The third-order valence-electron chi connectivity index (χ3n) is 5.25. The van der Waals surface area contributed by atoms with Crippen LogP contribution < -0.4 is 5.19 Å². The summed E-state index contributed by atoms with van der Waals surface area (Å²) in [6.45, 7) is 4.52. The number of hydrogen-bond donors (Lipinski definition) is 1. The summed E-state index contributed by atoms with van der Waals surface area (Å²) in [6.07, 6.45) is 6.27. The van der Waals surface area contributed by atoms with E-state index < -0.39 is 8.07 Å². The van der Waals surface area contributed by atoms with Gasteiger partial charge in [0.05, 0.1) is 0 Å². The number of benzene rings is 1. The van der Waals surface area contributed by atoms with Gasteiger partial charge in [0.2, 0.25) is 0 Å². The molecule has 0 spiro atoms. The first-order valence-electron chi connectivity index (χ1n) is 8.81. The Labute approximate surface area is 206 Å². The van der Waals surface area contributed by atoms with Crippen LogP contribution in [0.4, 0.5) is 5.69 Å². The van der Waals surface area contributed by atoms with E-state index in [9.17, 15) is 9.90 Å². The zero-order valence-corrected chi connectivity index (χ0v) is 23.8. The predicted molar refractivity (Wildman–Crippen MR) is 139 cm³/mol. The molecule has 28 heavy (non-hydrogen) atoms. The van der Waals surface area contributed by atoms with Gasteiger partial charge in [-0.15, -0.1) is 0 Å². The van der Waals surface area contributed by atoms with Gasteiger partial charge in [-0.1, -0.05) is 0 Å². The third kappa shape index (κ3) is 3.32. The summed E-state index contributed by atoms with van der Waals surface area (Å²) in [6, 6.07) is 4.73. The molecule has 0 fully saturated rings. The van der Waals surface area contributed by atoms with Crippen molar-refractivity contribution in [3.63, 3.8) is 0 Å². The van der Waals surface area contributed by atoms with Crippen molar-refractivity contribution in [3.05, 3.63) is 46.0 Å². The maximum atomic E-state index is 12.2. The van der Waals surface area contributed by atoms with Gasteiger partial charge >= 0.3 is 209 Å². The number of phenolic OH excluding ortho intramolecular Hbond substituents is 1. The number of fused-ring (bicyclic) bond motifs is 2. The number of carbonyl (C=O) groups is 1. The topological polar surface area (TPSA) is 49.7 Å². The molecule has 4 rings (SSSR count). The molecule has 1 aromatic heterocycles. The molecule has 144 valence electrons. The van der Waals surface area contributed by atoms with Crippen molar-refractivity contribution in [2.75, 3.05) is 0 Å². The first-order valence-corrected chi connectivity index (χ1v) is 16.2. The Bertz CT molecular complexity index is 1120. The molecule has 2 heterocycles. The molecule has 0 saturated carbocycles. The number of aliphatic imine (C=N–C) groups is 1. The molecule has 1 aliphatic heterocycles. The van der Waals surface area contributed by atoms with Crippen LogP contribution >= 0.6 is 61.1 Å². The van der Waals surface area contributed by atoms with E-state index in [1.165, 1.54) is 15.6 Å². The van der Waals surface area contributed by atoms with E-state index in [1.807, 2.05) is 12.1 Å². The van der Waals surface area contributed by atoms with Gasteiger partial charge in [-0.2, -0.15) is 0 Å². The summed E-state index contributed by atoms with van der Waals surface area (Å²) in [4.78, 5) is 17.1. The molecule has 1 aliphatic carbocycles. The van der Waals surface area contributed by atoms with E-state index in [0.29, 0.717) is 5.75 Å². The van der Waals surface area contributed by atoms with E-state index >= 15 is 0 Å². The molecule has 0 saturated heterocycles. The zero-order valence-electron chi connectivity index (χ0n) is 15.1. The molecule has 0 bridgehead atoms. The quantitative estimate of drug-likeness (QED) is 0.258. The molecule has 0 radical (unpaired) electrons. The minimum atomic E-state index is -2.24. The first-order chi connectivity index (χ1) is 13.3. The summed E-state index contributed by atoms with van der Waals surface area (Å²) < 4.78 is 4.82. The Hall–Kier alpha value is -0.00364. The van der Waals surface area contributed by atoms with Crippen LogP contribution in [0.25, 0.3) is 10.0 Å². The number of aromatic hydroxyl groups is 1. The Morgan fingerprint density at radius 2 is 2.04 bits per heavy atom. The van der Waals surface area contributed by atoms with Crippen LogP contribution in [0.2, 0.25) is 12.6 Å². The number of phenols is 1. The van der Waals surface area contributed by atoms with Crippen molar-refractivity contribution in [2.24, 2.45) is 4.99 Å². The van der Waals surface area contributed by atoms with Crippen molar-refractivity contribution in [1.29, 1.82) is 0 Å². The second kappa shape index (κ2) is 7.92. The molecule has 0 amide bonds. The van der Waals surface area contributed by atoms with E-state index in [4.69, 9.17) is 4.99 Å². The van der Waals surface area contributed by atoms with Crippen LogP contribution in [0.5, 0.6) is 5.75 Å². The normalized spacial score (nSPS) is 20.5. The van der Waals surface area contributed by atoms with Crippen LogP contribution in [-0.2, 0) is 4.79 Å². The maximum absolute atomic E-state index is 12.2. The fourth-order valence-electron chi connectivity index (χ4n) is 4.07. The molecule has 2 aromatic rings. The summed E-state index contributed by atoms with van der Waals surface area (Å²) in [7, 11) is -2.24. The Kier molecular flexibility index (Phi) is 6.01. The number of allylic oxidation sites excluding steroid dienone is 4. The predicted octanol–water partition coefficient (Wildman–Crippen LogP) is 5.47. The average Bonchev–Trinajstić information content (AvgIpc) is 2.91. The Balaban J connectivity index is 2.10. The van der Waals surface area contributed by atoms with Gasteiger partial charge in [0.15, 0.2) is 0 Å². The number of nitrogens with zero attached hydrogens (tertiary/aromatic N) is 1. The van der Waals surface area contributed by atoms with Crippen LogP contribution in [0.1, 0.15) is 13.3 Å². The average molecular weight is 743 g/mol. The molecular formula is C20H16BrI2NO2SeSi. The molecule has 2 aliphatic rings. The Morgan fingerprint density at radius 3 is 2.68 bits per heavy atom. The van der Waals surface area contributed by atoms with Crippen molar-refractivity contribution in [2.45, 2.75) is 25.9 Å². The SMILES string of the molecule is CCC[Si]1(C)C2=CC(=O)C=CC2=Nc2ccc(O)c(-c3[se]c(I)c(Br)c3I)c21. The van der Waals surface area contributed by atoms with Gasteiger partial charge in [-0.05, 0) is 0 Å². The van der Waals surface area contributed by atoms with Gasteiger partial charge in [0.1, 0.15) is 0 Å². The molecule has 3 nitrogen and oxygen atoms in total. The van der Waals surface area contributed by atoms with Crippen LogP contribution in [0, 0.1) is 6.01 Å². The molecule has 1 atom stereocenters. The van der Waals surface area contributed by atoms with Crippen LogP contribution in [0.3, 0.4) is 0 Å². The molecule has 1 unspecified atom stereocenters. The molecule has 1 N–H and O–H groups in total. The fourth-order valence-corrected chi connectivity index (χ4v) is 14.9. The molecule has 1 aromatic carbocycles. The zero-order chi connectivity index (χ0) is 20.2. The van der Waals surface area contributed by atoms with Crippen molar-refractivity contribution in [3.8, 4) is 15.8 Å². The van der Waals surface area contributed by atoms with E-state index in [1.54, 1.807) is 18.2 Å². The van der Waals surface area contributed by atoms with Gasteiger partial charge in [-0.25, -0.2) is 0 Å². The second-order valence-corrected chi connectivity index (χ2v) is 18.0. The summed E-state index contributed by atoms with van der Waals surface area (Å²) >= 11 is 8.62. The van der Waals surface area contributed by atoms with Gasteiger partial charge in [0, 0.05) is 0 Å². The fraction of sp³-hybridized carbons (Fsp3) is 0.200. The van der Waals surface area contributed by atoms with E-state index in [-0.39, 0.29) is 20.3 Å². The van der Waals surface area contributed by atoms with Gasteiger partial charge in [-0.3, -0.25) is 0 Å². The first kappa shape index (κ1) is 21.2. The second-order valence-electron chi connectivity index (χ2n) is 7.06. The monoisotopic (exact) mass is 743 g/mol. The third-order valence-corrected chi connectivity index (χ3v) is 18.5. The number of rotatable bonds is 3. The number of carbonyl (C=O) groups excluding carboxylic acids is 1. The van der Waals surface area contributed by atoms with Gasteiger partial charge in [0.25, 0.3) is 0 Å². The minimum absolute atomic E-state index is 0.0340. The molecule has 8 heteroatoms. The summed E-state index contributed by atoms with van der Waals surface area (Å²) in [5, 5.41) is 13.3. The van der Waals surface area contributed by atoms with Crippen molar-refractivity contribution < 1.29 is 9.90 Å². The summed E-state index contributed by atoms with van der Waals surface area (Å²) in [5.74, 6) is 0.356. The number of halogens is 3. The number of hydrogen-bond acceptors (Lipinski definition) is 3. The van der Waals surface area contributed by atoms with E-state index in [2.05, 4.69) is 74.6 Å². The van der Waals surface area contributed by atoms with Crippen LogP contribution in [0.15, 0.2) is 45.0 Å². The van der Waals surface area contributed by atoms with E-state index in [0.717, 1.165) is 39.1 Å². The standard InChI is InChI=1S/C20H16BrI2NO2SeSi/c1-3-8-28(2)14-9-10(25)4-5-11(14)24-12-6-7-13(26)15(19(12)28)18-17(22)16(21)20(23)27-18/h4-7,9,26H,3,8H2,1-2H3. The Morgan fingerprint density at radius 1 is 1.29 bits per heavy atom. The van der Waals surface area contributed by atoms with Crippen molar-refractivity contribution in [1.82, 2.24) is 0 Å². The van der Waals surface area contributed by atoms with Crippen LogP contribution in [-0.4, -0.2) is 39.2 Å².